The molecule has 0 aliphatic heterocycles. The summed E-state index contributed by atoms with van der Waals surface area (Å²) in [5, 5.41) is 1.70. The number of benzene rings is 2. The Morgan fingerprint density at radius 1 is 1.06 bits per heavy atom. The summed E-state index contributed by atoms with van der Waals surface area (Å²) < 4.78 is 42.5. The molecular weight excluding hydrogens is 466 g/mol. The Morgan fingerprint density at radius 3 is 2.39 bits per heavy atom. The molecule has 0 fully saturated rings. The number of rotatable bonds is 10. The van der Waals surface area contributed by atoms with E-state index in [9.17, 15) is 18.0 Å². The average Bonchev–Trinajstić information content (AvgIpc) is 3.37. The van der Waals surface area contributed by atoms with Crippen LogP contribution in [0.2, 0.25) is 0 Å². The Balaban J connectivity index is 1.56. The molecule has 33 heavy (non-hydrogen) atoms. The second-order valence-electron chi connectivity index (χ2n) is 6.93. The van der Waals surface area contributed by atoms with Crippen molar-refractivity contribution in [3.8, 4) is 11.5 Å². The van der Waals surface area contributed by atoms with Crippen LogP contribution in [-0.4, -0.2) is 40.9 Å². The van der Waals surface area contributed by atoms with Crippen molar-refractivity contribution in [2.45, 2.75) is 17.7 Å². The molecule has 0 aliphatic carbocycles. The van der Waals surface area contributed by atoms with Crippen LogP contribution in [0.1, 0.15) is 22.8 Å². The molecule has 1 heterocycles. The van der Waals surface area contributed by atoms with E-state index >= 15 is 0 Å². The number of ketones is 1. The lowest BCUT2D eigenvalue weighted by Gasteiger charge is -2.18. The molecule has 1 aromatic heterocycles. The number of anilines is 1. The van der Waals surface area contributed by atoms with Crippen LogP contribution in [0.3, 0.4) is 0 Å². The van der Waals surface area contributed by atoms with Gasteiger partial charge < -0.3 is 14.2 Å². The van der Waals surface area contributed by atoms with E-state index in [-0.39, 0.29) is 23.2 Å². The van der Waals surface area contributed by atoms with Crippen molar-refractivity contribution in [1.82, 2.24) is 0 Å². The van der Waals surface area contributed by atoms with Gasteiger partial charge in [0.25, 0.3) is 10.0 Å². The molecule has 0 saturated heterocycles. The molecule has 2 aromatic carbocycles. The van der Waals surface area contributed by atoms with E-state index in [1.54, 1.807) is 60.0 Å². The number of hydrogen-bond donors (Lipinski definition) is 0. The number of hydrogen-bond acceptors (Lipinski definition) is 8. The molecule has 0 spiro atoms. The van der Waals surface area contributed by atoms with Crippen LogP contribution in [0.4, 0.5) is 5.69 Å². The third-order valence-electron chi connectivity index (χ3n) is 4.74. The first-order valence-corrected chi connectivity index (χ1v) is 12.1. The molecule has 10 heteroatoms. The van der Waals surface area contributed by atoms with Crippen LogP contribution in [0.25, 0.3) is 0 Å². The Kier molecular flexibility index (Phi) is 7.72. The molecule has 0 radical (unpaired) electrons. The van der Waals surface area contributed by atoms with E-state index in [4.69, 9.17) is 14.2 Å². The quantitative estimate of drug-likeness (QED) is 0.314. The summed E-state index contributed by atoms with van der Waals surface area (Å²) in [6.07, 6.45) is 0. The lowest BCUT2D eigenvalue weighted by Crippen LogP contribution is -2.25. The predicted octanol–water partition coefficient (Wildman–Crippen LogP) is 3.91. The lowest BCUT2D eigenvalue weighted by molar-refractivity contribution is -0.147. The number of nitrogens with zero attached hydrogens (tertiary/aromatic N) is 1. The lowest BCUT2D eigenvalue weighted by atomic mass is 10.1. The van der Waals surface area contributed by atoms with Crippen LogP contribution < -0.4 is 13.8 Å². The van der Waals surface area contributed by atoms with Crippen LogP contribution in [0, 0.1) is 0 Å². The van der Waals surface area contributed by atoms with E-state index in [2.05, 4.69) is 0 Å². The van der Waals surface area contributed by atoms with Gasteiger partial charge in [0, 0.05) is 18.2 Å². The first-order valence-electron chi connectivity index (χ1n) is 9.81. The van der Waals surface area contributed by atoms with Crippen LogP contribution in [0.5, 0.6) is 11.5 Å². The zero-order valence-corrected chi connectivity index (χ0v) is 19.9. The topological polar surface area (TPSA) is 99.2 Å². The molecule has 0 N–H and O–H groups in total. The SMILES string of the molecule is COc1ccc(C(C)=O)cc1COC(=O)COc1ccc(N(C)S(=O)(=O)c2cccs2)cc1. The third-order valence-corrected chi connectivity index (χ3v) is 7.90. The standard InChI is InChI=1S/C23H23NO7S2/c1-16(25)17-6-11-21(29-3)18(13-17)14-31-22(26)15-30-20-9-7-19(8-10-20)24(2)33(27,28)23-5-4-12-32-23/h4-13H,14-15H2,1-3H3. The first-order chi connectivity index (χ1) is 15.7. The van der Waals surface area contributed by atoms with Crippen molar-refractivity contribution in [3.05, 3.63) is 71.1 Å². The zero-order valence-electron chi connectivity index (χ0n) is 18.3. The van der Waals surface area contributed by atoms with E-state index in [1.165, 1.54) is 25.4 Å². The second-order valence-corrected chi connectivity index (χ2v) is 10.1. The van der Waals surface area contributed by atoms with Gasteiger partial charge in [0.05, 0.1) is 12.8 Å². The number of methoxy groups -OCH3 is 1. The molecular formula is C23H23NO7S2. The highest BCUT2D eigenvalue weighted by molar-refractivity contribution is 7.94. The number of sulfonamides is 1. The number of thiophene rings is 1. The van der Waals surface area contributed by atoms with Crippen molar-refractivity contribution in [2.75, 3.05) is 25.1 Å². The predicted molar refractivity (Wildman–Crippen MR) is 125 cm³/mol. The number of carbonyl (C=O) groups is 2. The molecule has 174 valence electrons. The van der Waals surface area contributed by atoms with Gasteiger partial charge >= 0.3 is 5.97 Å². The van der Waals surface area contributed by atoms with Gasteiger partial charge in [-0.15, -0.1) is 11.3 Å². The van der Waals surface area contributed by atoms with Crippen LogP contribution in [-0.2, 0) is 26.2 Å². The van der Waals surface area contributed by atoms with Gasteiger partial charge in [-0.3, -0.25) is 9.10 Å². The molecule has 0 unspecified atom stereocenters. The number of Topliss-reactive ketones (excluding diaryl/α,β-unsaturated/α-hetero) is 1. The van der Waals surface area contributed by atoms with Crippen molar-refractivity contribution >= 4 is 38.8 Å². The van der Waals surface area contributed by atoms with Gasteiger partial charge in [-0.2, -0.15) is 0 Å². The maximum Gasteiger partial charge on any atom is 0.344 e. The van der Waals surface area contributed by atoms with Gasteiger partial charge in [-0.1, -0.05) is 6.07 Å². The highest BCUT2D eigenvalue weighted by Gasteiger charge is 2.22. The van der Waals surface area contributed by atoms with Gasteiger partial charge in [0.15, 0.2) is 12.4 Å². The largest absolute Gasteiger partial charge is 0.496 e. The highest BCUT2D eigenvalue weighted by atomic mass is 32.2. The number of esters is 1. The second kappa shape index (κ2) is 10.5. The smallest absolute Gasteiger partial charge is 0.344 e. The maximum absolute atomic E-state index is 12.6. The van der Waals surface area contributed by atoms with Crippen LogP contribution in [0.15, 0.2) is 64.2 Å². The fourth-order valence-electron chi connectivity index (χ4n) is 2.89. The minimum absolute atomic E-state index is 0.0726. The van der Waals surface area contributed by atoms with Gasteiger partial charge in [-0.25, -0.2) is 13.2 Å². The summed E-state index contributed by atoms with van der Waals surface area (Å²) in [6, 6.07) is 14.5. The summed E-state index contributed by atoms with van der Waals surface area (Å²) in [6.45, 7) is 1.04. The average molecular weight is 490 g/mol. The molecule has 0 saturated carbocycles. The maximum atomic E-state index is 12.6. The highest BCUT2D eigenvalue weighted by Crippen LogP contribution is 2.26. The van der Waals surface area contributed by atoms with Crippen molar-refractivity contribution < 1.29 is 32.2 Å². The molecule has 3 aromatic rings. The summed E-state index contributed by atoms with van der Waals surface area (Å²) in [4.78, 5) is 23.7. The zero-order chi connectivity index (χ0) is 24.0. The fraction of sp³-hybridized carbons (Fsp3) is 0.217. The molecule has 0 atom stereocenters. The van der Waals surface area contributed by atoms with Crippen molar-refractivity contribution in [1.29, 1.82) is 0 Å². The monoisotopic (exact) mass is 489 g/mol. The Bertz CT molecular complexity index is 1220. The minimum atomic E-state index is -3.63. The van der Waals surface area contributed by atoms with Crippen molar-refractivity contribution in [3.63, 3.8) is 0 Å². The van der Waals surface area contributed by atoms with Gasteiger partial charge in [-0.05, 0) is 60.8 Å². The minimum Gasteiger partial charge on any atom is -0.496 e. The number of carbonyl (C=O) groups excluding carboxylic acids is 2. The summed E-state index contributed by atoms with van der Waals surface area (Å²) >= 11 is 1.14. The first kappa shape index (κ1) is 24.3. The van der Waals surface area contributed by atoms with E-state index in [0.717, 1.165) is 11.3 Å². The Morgan fingerprint density at radius 2 is 1.79 bits per heavy atom. The Hall–Kier alpha value is -3.37. The normalized spacial score (nSPS) is 11.0. The van der Waals surface area contributed by atoms with Crippen molar-refractivity contribution in [2.24, 2.45) is 0 Å². The van der Waals surface area contributed by atoms with E-state index in [1.807, 2.05) is 0 Å². The van der Waals surface area contributed by atoms with Gasteiger partial charge in [0.1, 0.15) is 22.3 Å². The molecule has 0 amide bonds. The molecule has 3 rings (SSSR count). The third kappa shape index (κ3) is 5.91. The summed E-state index contributed by atoms with van der Waals surface area (Å²) in [7, 11) is -0.670. The Labute approximate surface area is 196 Å². The van der Waals surface area contributed by atoms with E-state index < -0.39 is 16.0 Å². The molecule has 0 aliphatic rings. The summed E-state index contributed by atoms with van der Waals surface area (Å²) in [5.74, 6) is 0.178. The molecule has 0 bridgehead atoms. The van der Waals surface area contributed by atoms with E-state index in [0.29, 0.717) is 28.3 Å². The molecule has 8 nitrogen and oxygen atoms in total. The van der Waals surface area contributed by atoms with Crippen LogP contribution >= 0.6 is 11.3 Å². The number of ether oxygens (including phenoxy) is 3. The van der Waals surface area contributed by atoms with Gasteiger partial charge in [0.2, 0.25) is 0 Å². The fourth-order valence-corrected chi connectivity index (χ4v) is 5.25. The summed E-state index contributed by atoms with van der Waals surface area (Å²) in [5.41, 5.74) is 1.51.